The van der Waals surface area contributed by atoms with Gasteiger partial charge in [-0.1, -0.05) is 32.0 Å². The molecule has 0 aromatic heterocycles. The topological polar surface area (TPSA) is 38.8 Å². The van der Waals surface area contributed by atoms with E-state index in [0.29, 0.717) is 12.1 Å². The number of rotatable bonds is 3. The van der Waals surface area contributed by atoms with Crippen LogP contribution in [0.25, 0.3) is 0 Å². The lowest BCUT2D eigenvalue weighted by atomic mass is 9.79. The van der Waals surface area contributed by atoms with Crippen LogP contribution in [-0.2, 0) is 10.2 Å². The van der Waals surface area contributed by atoms with E-state index in [1.165, 1.54) is 5.56 Å². The molecule has 0 aliphatic carbocycles. The number of hydrogen-bond acceptors (Lipinski definition) is 4. The first-order valence-electron chi connectivity index (χ1n) is 10.2. The van der Waals surface area contributed by atoms with Gasteiger partial charge in [0.15, 0.2) is 0 Å². The van der Waals surface area contributed by atoms with E-state index in [9.17, 15) is 4.79 Å². The number of carbonyl (C=O) groups is 1. The molecule has 1 aromatic carbocycles. The van der Waals surface area contributed by atoms with Crippen molar-refractivity contribution in [2.24, 2.45) is 0 Å². The first kappa shape index (κ1) is 18.8. The predicted octanol–water partition coefficient (Wildman–Crippen LogP) is 2.58. The Bertz CT molecular complexity index is 731. The number of amides is 1. The maximum absolute atomic E-state index is 13.6. The van der Waals surface area contributed by atoms with Crippen molar-refractivity contribution in [3.05, 3.63) is 36.2 Å². The molecule has 1 radical (unpaired) electrons. The SMILES string of the molecule is CC(C)N1CC2C[CH]CC(C(=O)NN3CC(C)(C)c4ccccc43)(C1)N2C. The van der Waals surface area contributed by atoms with Gasteiger partial charge in [-0.3, -0.25) is 25.0 Å². The molecule has 2 unspecified atom stereocenters. The Morgan fingerprint density at radius 2 is 1.96 bits per heavy atom. The average Bonchev–Trinajstić information content (AvgIpc) is 2.85. The highest BCUT2D eigenvalue weighted by molar-refractivity contribution is 5.89. The number of nitrogens with zero attached hydrogens (tertiary/aromatic N) is 3. The molecular formula is C22H33N4O. The number of piperidine rings is 1. The van der Waals surface area contributed by atoms with Gasteiger partial charge in [0, 0.05) is 37.1 Å². The van der Waals surface area contributed by atoms with Gasteiger partial charge in [0.05, 0.1) is 5.69 Å². The Morgan fingerprint density at radius 1 is 1.22 bits per heavy atom. The summed E-state index contributed by atoms with van der Waals surface area (Å²) in [7, 11) is 2.14. The zero-order valence-electron chi connectivity index (χ0n) is 17.3. The smallest absolute Gasteiger partial charge is 0.260 e. The van der Waals surface area contributed by atoms with Crippen molar-refractivity contribution in [1.82, 2.24) is 15.2 Å². The zero-order chi connectivity index (χ0) is 19.4. The summed E-state index contributed by atoms with van der Waals surface area (Å²) in [4.78, 5) is 18.5. The number of fused-ring (bicyclic) bond motifs is 3. The number of likely N-dealkylation sites (tertiary alicyclic amines) is 1. The van der Waals surface area contributed by atoms with Gasteiger partial charge in [-0.15, -0.1) is 0 Å². The molecule has 2 atom stereocenters. The normalized spacial score (nSPS) is 30.4. The van der Waals surface area contributed by atoms with E-state index in [1.807, 2.05) is 0 Å². The van der Waals surface area contributed by atoms with Gasteiger partial charge in [0.25, 0.3) is 5.91 Å². The minimum Gasteiger partial charge on any atom is -0.297 e. The summed E-state index contributed by atoms with van der Waals surface area (Å²) >= 11 is 0. The molecule has 3 heterocycles. The number of hydrazine groups is 1. The van der Waals surface area contributed by atoms with Crippen molar-refractivity contribution >= 4 is 11.6 Å². The maximum atomic E-state index is 13.6. The quantitative estimate of drug-likeness (QED) is 0.889. The standard InChI is InChI=1S/C22H33N4O/c1-16(2)25-13-17-9-8-12-22(15-25,24(17)5)20(27)23-26-14-21(3,4)18-10-6-7-11-19(18)26/h6-8,10-11,16-17H,9,12-15H2,1-5H3,(H,23,27). The molecule has 2 fully saturated rings. The van der Waals surface area contributed by atoms with E-state index < -0.39 is 5.54 Å². The minimum atomic E-state index is -0.479. The molecule has 2 saturated heterocycles. The van der Waals surface area contributed by atoms with Crippen molar-refractivity contribution in [3.8, 4) is 0 Å². The molecule has 1 amide bonds. The highest BCUT2D eigenvalue weighted by atomic mass is 16.2. The molecular weight excluding hydrogens is 336 g/mol. The molecule has 0 saturated carbocycles. The highest BCUT2D eigenvalue weighted by Gasteiger charge is 2.53. The lowest BCUT2D eigenvalue weighted by Crippen LogP contribution is -2.74. The van der Waals surface area contributed by atoms with Crippen LogP contribution in [0, 0.1) is 6.42 Å². The van der Waals surface area contributed by atoms with Crippen LogP contribution in [0.3, 0.4) is 0 Å². The van der Waals surface area contributed by atoms with E-state index in [1.54, 1.807) is 0 Å². The molecule has 147 valence electrons. The highest BCUT2D eigenvalue weighted by Crippen LogP contribution is 2.40. The third-order valence-corrected chi connectivity index (χ3v) is 6.92. The van der Waals surface area contributed by atoms with Crippen LogP contribution in [0.1, 0.15) is 46.1 Å². The van der Waals surface area contributed by atoms with E-state index in [4.69, 9.17) is 0 Å². The van der Waals surface area contributed by atoms with Crippen LogP contribution in [-0.4, -0.2) is 60.0 Å². The monoisotopic (exact) mass is 369 g/mol. The van der Waals surface area contributed by atoms with Gasteiger partial charge in [-0.05, 0) is 51.8 Å². The van der Waals surface area contributed by atoms with Crippen LogP contribution >= 0.6 is 0 Å². The maximum Gasteiger partial charge on any atom is 0.260 e. The fourth-order valence-electron chi connectivity index (χ4n) is 5.10. The van der Waals surface area contributed by atoms with Gasteiger partial charge in [-0.25, -0.2) is 0 Å². The number of piperazine rings is 1. The third-order valence-electron chi connectivity index (χ3n) is 6.92. The fourth-order valence-corrected chi connectivity index (χ4v) is 5.10. The first-order valence-corrected chi connectivity index (χ1v) is 10.2. The largest absolute Gasteiger partial charge is 0.297 e. The van der Waals surface area contributed by atoms with Crippen LogP contribution in [0.15, 0.2) is 24.3 Å². The van der Waals surface area contributed by atoms with Crippen molar-refractivity contribution in [3.63, 3.8) is 0 Å². The average molecular weight is 370 g/mol. The van der Waals surface area contributed by atoms with E-state index >= 15 is 0 Å². The summed E-state index contributed by atoms with van der Waals surface area (Å²) in [5.74, 6) is 0.129. The number of likely N-dealkylation sites (N-methyl/N-ethyl adjacent to an activating group) is 1. The molecule has 27 heavy (non-hydrogen) atoms. The number of hydrogen-bond donors (Lipinski definition) is 1. The first-order chi connectivity index (χ1) is 12.7. The van der Waals surface area contributed by atoms with Gasteiger partial charge < -0.3 is 0 Å². The molecule has 1 aromatic rings. The lowest BCUT2D eigenvalue weighted by molar-refractivity contribution is -0.144. The van der Waals surface area contributed by atoms with Gasteiger partial charge >= 0.3 is 0 Å². The van der Waals surface area contributed by atoms with Crippen molar-refractivity contribution in [2.75, 3.05) is 31.7 Å². The van der Waals surface area contributed by atoms with E-state index in [0.717, 1.165) is 38.2 Å². The van der Waals surface area contributed by atoms with E-state index in [2.05, 4.69) is 85.7 Å². The third kappa shape index (κ3) is 2.95. The summed E-state index contributed by atoms with van der Waals surface area (Å²) in [6, 6.07) is 9.30. The number of anilines is 1. The second-order valence-corrected chi connectivity index (χ2v) is 9.48. The molecule has 5 heteroatoms. The van der Waals surface area contributed by atoms with Crippen molar-refractivity contribution < 1.29 is 4.79 Å². The minimum absolute atomic E-state index is 0.0329. The lowest BCUT2D eigenvalue weighted by Gasteiger charge is -2.56. The van der Waals surface area contributed by atoms with Crippen LogP contribution < -0.4 is 10.4 Å². The fraction of sp³-hybridized carbons (Fsp3) is 0.636. The molecule has 4 rings (SSSR count). The summed E-state index contributed by atoms with van der Waals surface area (Å²) in [5.41, 5.74) is 5.29. The Balaban J connectivity index is 1.60. The Morgan fingerprint density at radius 3 is 2.70 bits per heavy atom. The zero-order valence-corrected chi connectivity index (χ0v) is 17.3. The molecule has 3 aliphatic heterocycles. The number of para-hydroxylation sites is 1. The molecule has 3 aliphatic rings. The second kappa shape index (κ2) is 6.49. The number of benzene rings is 1. The van der Waals surface area contributed by atoms with E-state index in [-0.39, 0.29) is 11.3 Å². The van der Waals surface area contributed by atoms with Gasteiger partial charge in [0.2, 0.25) is 0 Å². The molecule has 2 bridgehead atoms. The Kier molecular flexibility index (Phi) is 4.51. The summed E-state index contributed by atoms with van der Waals surface area (Å²) in [5, 5.41) is 2.07. The van der Waals surface area contributed by atoms with Crippen LogP contribution in [0.2, 0.25) is 0 Å². The van der Waals surface area contributed by atoms with Crippen LogP contribution in [0.5, 0.6) is 0 Å². The second-order valence-electron chi connectivity index (χ2n) is 9.48. The van der Waals surface area contributed by atoms with Gasteiger partial charge in [-0.2, -0.15) is 0 Å². The van der Waals surface area contributed by atoms with Crippen molar-refractivity contribution in [2.45, 2.75) is 63.6 Å². The van der Waals surface area contributed by atoms with Crippen molar-refractivity contribution in [1.29, 1.82) is 0 Å². The predicted molar refractivity (Wildman–Crippen MR) is 109 cm³/mol. The Labute approximate surface area is 163 Å². The summed E-state index contributed by atoms with van der Waals surface area (Å²) in [6.07, 6.45) is 4.20. The Hall–Kier alpha value is -1.59. The number of nitrogens with one attached hydrogen (secondary N) is 1. The summed E-state index contributed by atoms with van der Waals surface area (Å²) in [6.45, 7) is 11.6. The van der Waals surface area contributed by atoms with Crippen LogP contribution in [0.4, 0.5) is 5.69 Å². The number of carbonyl (C=O) groups excluding carboxylic acids is 1. The summed E-state index contributed by atoms with van der Waals surface area (Å²) < 4.78 is 0. The molecule has 0 spiro atoms. The molecule has 5 nitrogen and oxygen atoms in total. The van der Waals surface area contributed by atoms with Gasteiger partial charge in [0.1, 0.15) is 5.54 Å². The molecule has 1 N–H and O–H groups in total.